The molecule has 1 amide bonds. The van der Waals surface area contributed by atoms with Crippen LogP contribution in [-0.4, -0.2) is 41.1 Å². The number of nitrogens with one attached hydrogen (secondary N) is 1. The van der Waals surface area contributed by atoms with Crippen molar-refractivity contribution in [2.45, 2.75) is 13.0 Å². The van der Waals surface area contributed by atoms with Gasteiger partial charge in [-0.05, 0) is 13.0 Å². The molecular weight excluding hydrogens is 218 g/mol. The molecule has 1 fully saturated rings. The van der Waals surface area contributed by atoms with Crippen molar-refractivity contribution in [2.24, 2.45) is 7.05 Å². The average molecular weight is 235 g/mol. The van der Waals surface area contributed by atoms with Gasteiger partial charge in [0.25, 0.3) is 11.5 Å². The molecule has 0 saturated carbocycles. The summed E-state index contributed by atoms with van der Waals surface area (Å²) in [6, 6.07) is 3.26. The molecule has 1 aromatic heterocycles. The minimum absolute atomic E-state index is 0.0586. The van der Waals surface area contributed by atoms with Gasteiger partial charge in [0.1, 0.15) is 0 Å². The lowest BCUT2D eigenvalue weighted by Gasteiger charge is -2.34. The Balaban J connectivity index is 2.24. The first-order valence-electron chi connectivity index (χ1n) is 5.78. The topological polar surface area (TPSA) is 54.3 Å². The normalized spacial score (nSPS) is 20.4. The van der Waals surface area contributed by atoms with E-state index in [1.807, 2.05) is 11.8 Å². The molecule has 0 aromatic carbocycles. The van der Waals surface area contributed by atoms with Gasteiger partial charge in [0.15, 0.2) is 0 Å². The van der Waals surface area contributed by atoms with Crippen molar-refractivity contribution in [2.75, 3.05) is 19.6 Å². The van der Waals surface area contributed by atoms with Crippen LogP contribution in [0.25, 0.3) is 0 Å². The standard InChI is InChI=1S/C12H17N3O2/c1-9-8-13-4-6-15(9)12(17)10-3-5-14(2)11(16)7-10/h3,5,7,9,13H,4,6,8H2,1-2H3/t9-/m1/s1. The smallest absolute Gasteiger partial charge is 0.254 e. The summed E-state index contributed by atoms with van der Waals surface area (Å²) in [4.78, 5) is 25.5. The van der Waals surface area contributed by atoms with E-state index in [-0.39, 0.29) is 17.5 Å². The zero-order valence-electron chi connectivity index (χ0n) is 10.1. The van der Waals surface area contributed by atoms with Crippen molar-refractivity contribution in [1.82, 2.24) is 14.8 Å². The van der Waals surface area contributed by atoms with Gasteiger partial charge in [-0.1, -0.05) is 0 Å². The Morgan fingerprint density at radius 3 is 2.94 bits per heavy atom. The second-order valence-corrected chi connectivity index (χ2v) is 4.42. The van der Waals surface area contributed by atoms with E-state index in [1.54, 1.807) is 19.3 Å². The Hall–Kier alpha value is -1.62. The molecule has 1 aromatic rings. The van der Waals surface area contributed by atoms with E-state index in [4.69, 9.17) is 0 Å². The fourth-order valence-corrected chi connectivity index (χ4v) is 1.99. The van der Waals surface area contributed by atoms with Gasteiger partial charge < -0.3 is 14.8 Å². The summed E-state index contributed by atoms with van der Waals surface area (Å²) in [6.07, 6.45) is 1.63. The largest absolute Gasteiger partial charge is 0.333 e. The summed E-state index contributed by atoms with van der Waals surface area (Å²) in [5.41, 5.74) is 0.320. The van der Waals surface area contributed by atoms with E-state index < -0.39 is 0 Å². The number of rotatable bonds is 1. The van der Waals surface area contributed by atoms with Crippen molar-refractivity contribution in [1.29, 1.82) is 0 Å². The number of pyridine rings is 1. The summed E-state index contributed by atoms with van der Waals surface area (Å²) >= 11 is 0. The van der Waals surface area contributed by atoms with Crippen LogP contribution in [0.2, 0.25) is 0 Å². The number of hydrogen-bond acceptors (Lipinski definition) is 3. The number of amides is 1. The molecule has 5 heteroatoms. The van der Waals surface area contributed by atoms with Crippen LogP contribution in [0.15, 0.2) is 23.1 Å². The predicted octanol–water partition coefficient (Wildman–Crippen LogP) is -0.181. The molecule has 1 aliphatic rings. The van der Waals surface area contributed by atoms with E-state index in [0.717, 1.165) is 13.1 Å². The third-order valence-corrected chi connectivity index (χ3v) is 3.11. The minimum atomic E-state index is -0.154. The molecular formula is C12H17N3O2. The van der Waals surface area contributed by atoms with Gasteiger partial charge in [-0.2, -0.15) is 0 Å². The van der Waals surface area contributed by atoms with Gasteiger partial charge in [-0.25, -0.2) is 0 Å². The van der Waals surface area contributed by atoms with Gasteiger partial charge >= 0.3 is 0 Å². The van der Waals surface area contributed by atoms with Crippen LogP contribution in [0.5, 0.6) is 0 Å². The average Bonchev–Trinajstić information content (AvgIpc) is 2.32. The van der Waals surface area contributed by atoms with Crippen LogP contribution in [0, 0.1) is 0 Å². The number of carbonyl (C=O) groups is 1. The highest BCUT2D eigenvalue weighted by Crippen LogP contribution is 2.08. The molecule has 17 heavy (non-hydrogen) atoms. The molecule has 1 saturated heterocycles. The first kappa shape index (κ1) is 11.9. The molecule has 0 aliphatic carbocycles. The van der Waals surface area contributed by atoms with Crippen molar-refractivity contribution in [3.05, 3.63) is 34.2 Å². The number of hydrogen-bond donors (Lipinski definition) is 1. The van der Waals surface area contributed by atoms with Crippen molar-refractivity contribution in [3.63, 3.8) is 0 Å². The van der Waals surface area contributed by atoms with E-state index in [1.165, 1.54) is 10.6 Å². The molecule has 0 unspecified atom stereocenters. The van der Waals surface area contributed by atoms with Crippen LogP contribution in [0.4, 0.5) is 0 Å². The summed E-state index contributed by atoms with van der Waals surface area (Å²) in [5.74, 6) is -0.0586. The van der Waals surface area contributed by atoms with Gasteiger partial charge in [-0.3, -0.25) is 9.59 Å². The number of aromatic nitrogens is 1. The molecule has 0 bridgehead atoms. The van der Waals surface area contributed by atoms with E-state index in [0.29, 0.717) is 12.1 Å². The molecule has 92 valence electrons. The van der Waals surface area contributed by atoms with E-state index in [9.17, 15) is 9.59 Å². The Bertz CT molecular complexity index is 481. The second kappa shape index (κ2) is 4.71. The third kappa shape index (κ3) is 2.39. The van der Waals surface area contributed by atoms with Gasteiger partial charge in [0.05, 0.1) is 0 Å². The highest BCUT2D eigenvalue weighted by Gasteiger charge is 2.24. The molecule has 1 N–H and O–H groups in total. The summed E-state index contributed by atoms with van der Waals surface area (Å²) in [7, 11) is 1.67. The number of carbonyl (C=O) groups excluding carboxylic acids is 1. The highest BCUT2D eigenvalue weighted by atomic mass is 16.2. The molecule has 2 heterocycles. The first-order valence-corrected chi connectivity index (χ1v) is 5.78. The summed E-state index contributed by atoms with van der Waals surface area (Å²) in [6.45, 7) is 4.30. The molecule has 2 rings (SSSR count). The summed E-state index contributed by atoms with van der Waals surface area (Å²) in [5, 5.41) is 3.23. The SMILES string of the molecule is C[C@@H]1CNCCN1C(=O)c1ccn(C)c(=O)c1. The maximum absolute atomic E-state index is 12.2. The Labute approximate surface area is 100 Å². The van der Waals surface area contributed by atoms with Crippen LogP contribution < -0.4 is 10.9 Å². The first-order chi connectivity index (χ1) is 8.09. The van der Waals surface area contributed by atoms with Gasteiger partial charge in [0.2, 0.25) is 0 Å². The van der Waals surface area contributed by atoms with Crippen LogP contribution in [0.3, 0.4) is 0 Å². The van der Waals surface area contributed by atoms with Crippen molar-refractivity contribution >= 4 is 5.91 Å². The lowest BCUT2D eigenvalue weighted by Crippen LogP contribution is -2.52. The minimum Gasteiger partial charge on any atom is -0.333 e. The second-order valence-electron chi connectivity index (χ2n) is 4.42. The van der Waals surface area contributed by atoms with Crippen LogP contribution in [-0.2, 0) is 7.05 Å². The fourth-order valence-electron chi connectivity index (χ4n) is 1.99. The quantitative estimate of drug-likeness (QED) is 0.734. The van der Waals surface area contributed by atoms with Crippen molar-refractivity contribution < 1.29 is 4.79 Å². The molecule has 0 spiro atoms. The van der Waals surface area contributed by atoms with Crippen molar-refractivity contribution in [3.8, 4) is 0 Å². The number of piperazine rings is 1. The van der Waals surface area contributed by atoms with Crippen LogP contribution >= 0.6 is 0 Å². The van der Waals surface area contributed by atoms with E-state index >= 15 is 0 Å². The highest BCUT2D eigenvalue weighted by molar-refractivity contribution is 5.94. The maximum atomic E-state index is 12.2. The van der Waals surface area contributed by atoms with Gasteiger partial charge in [-0.15, -0.1) is 0 Å². The molecule has 1 aliphatic heterocycles. The van der Waals surface area contributed by atoms with Gasteiger partial charge in [0, 0.05) is 50.6 Å². The Morgan fingerprint density at radius 2 is 2.29 bits per heavy atom. The Morgan fingerprint density at radius 1 is 1.53 bits per heavy atom. The maximum Gasteiger partial charge on any atom is 0.254 e. The molecule has 0 radical (unpaired) electrons. The number of aryl methyl sites for hydroxylation is 1. The zero-order valence-corrected chi connectivity index (χ0v) is 10.1. The molecule has 5 nitrogen and oxygen atoms in total. The third-order valence-electron chi connectivity index (χ3n) is 3.11. The van der Waals surface area contributed by atoms with E-state index in [2.05, 4.69) is 5.32 Å². The lowest BCUT2D eigenvalue weighted by atomic mass is 10.1. The predicted molar refractivity (Wildman–Crippen MR) is 65.1 cm³/mol. The lowest BCUT2D eigenvalue weighted by molar-refractivity contribution is 0.0655. The monoisotopic (exact) mass is 235 g/mol. The molecule has 1 atom stereocenters. The zero-order chi connectivity index (χ0) is 12.4. The number of nitrogens with zero attached hydrogens (tertiary/aromatic N) is 2. The summed E-state index contributed by atoms with van der Waals surface area (Å²) < 4.78 is 1.46. The fraction of sp³-hybridized carbons (Fsp3) is 0.500. The Kier molecular flexibility index (Phi) is 3.28. The van der Waals surface area contributed by atoms with Crippen LogP contribution in [0.1, 0.15) is 17.3 Å².